The van der Waals surface area contributed by atoms with E-state index in [4.69, 9.17) is 4.74 Å². The van der Waals surface area contributed by atoms with Gasteiger partial charge in [0.1, 0.15) is 17.6 Å². The molecule has 1 unspecified atom stereocenters. The Hall–Kier alpha value is -3.06. The van der Waals surface area contributed by atoms with E-state index in [2.05, 4.69) is 9.88 Å². The lowest BCUT2D eigenvalue weighted by atomic mass is 10.0. The second-order valence-electron chi connectivity index (χ2n) is 6.87. The number of aromatic nitrogens is 1. The average Bonchev–Trinajstić information content (AvgIpc) is 3.13. The molecule has 2 aromatic carbocycles. The number of rotatable bonds is 5. The molecule has 7 heteroatoms. The van der Waals surface area contributed by atoms with Gasteiger partial charge in [0, 0.05) is 49.0 Å². The summed E-state index contributed by atoms with van der Waals surface area (Å²) in [6.45, 7) is 2.57. The van der Waals surface area contributed by atoms with Gasteiger partial charge in [-0.05, 0) is 30.3 Å². The number of methoxy groups -OCH3 is 1. The van der Waals surface area contributed by atoms with Crippen LogP contribution in [0, 0.1) is 5.82 Å². The number of para-hydroxylation sites is 1. The fourth-order valence-corrected chi connectivity index (χ4v) is 3.92. The molecule has 0 saturated carbocycles. The zero-order chi connectivity index (χ0) is 19.7. The lowest BCUT2D eigenvalue weighted by molar-refractivity contribution is -0.143. The molecule has 0 amide bonds. The summed E-state index contributed by atoms with van der Waals surface area (Å²) in [5.41, 5.74) is 2.48. The third-order valence-electron chi connectivity index (χ3n) is 5.33. The van der Waals surface area contributed by atoms with E-state index in [1.807, 2.05) is 23.1 Å². The molecule has 2 heterocycles. The van der Waals surface area contributed by atoms with Crippen molar-refractivity contribution in [3.05, 3.63) is 60.0 Å². The van der Waals surface area contributed by atoms with E-state index in [1.165, 1.54) is 12.1 Å². The number of ether oxygens (including phenoxy) is 1. The Bertz CT molecular complexity index is 978. The van der Waals surface area contributed by atoms with Crippen molar-refractivity contribution >= 4 is 22.6 Å². The van der Waals surface area contributed by atoms with E-state index >= 15 is 0 Å². The fraction of sp³-hybridized carbons (Fsp3) is 0.286. The zero-order valence-corrected chi connectivity index (χ0v) is 15.6. The lowest BCUT2D eigenvalue weighted by Gasteiger charge is -2.38. The van der Waals surface area contributed by atoms with Crippen LogP contribution < -0.4 is 9.64 Å². The van der Waals surface area contributed by atoms with Crippen LogP contribution in [-0.4, -0.2) is 54.2 Å². The summed E-state index contributed by atoms with van der Waals surface area (Å²) in [6, 6.07) is 11.3. The van der Waals surface area contributed by atoms with Crippen molar-refractivity contribution in [2.75, 3.05) is 38.2 Å². The number of nitrogens with one attached hydrogen (secondary N) is 1. The molecule has 2 N–H and O–H groups in total. The second-order valence-corrected chi connectivity index (χ2v) is 6.87. The minimum Gasteiger partial charge on any atom is -0.495 e. The van der Waals surface area contributed by atoms with Crippen molar-refractivity contribution in [1.82, 2.24) is 9.88 Å². The van der Waals surface area contributed by atoms with Crippen LogP contribution in [0.4, 0.5) is 10.1 Å². The standard InChI is InChI=1S/C21H22FN3O3/c1-28-18-4-2-3-16-17(13-23-19(16)18)20(21(26)27)25-11-9-24(10-12-25)15-7-5-14(22)6-8-15/h2-8,13,20,23H,9-12H2,1H3,(H,26,27). The molecular weight excluding hydrogens is 361 g/mol. The number of hydrogen-bond acceptors (Lipinski definition) is 4. The minimum absolute atomic E-state index is 0.261. The van der Waals surface area contributed by atoms with Gasteiger partial charge in [-0.15, -0.1) is 0 Å². The van der Waals surface area contributed by atoms with Crippen molar-refractivity contribution in [3.63, 3.8) is 0 Å². The fourth-order valence-electron chi connectivity index (χ4n) is 3.92. The molecule has 0 bridgehead atoms. The number of carboxylic acid groups (broad SMARTS) is 1. The Kier molecular flexibility index (Phi) is 4.92. The van der Waals surface area contributed by atoms with Crippen molar-refractivity contribution in [2.45, 2.75) is 6.04 Å². The number of carboxylic acids is 1. The number of carbonyl (C=O) groups is 1. The van der Waals surface area contributed by atoms with Crippen LogP contribution in [0.3, 0.4) is 0 Å². The molecule has 6 nitrogen and oxygen atoms in total. The highest BCUT2D eigenvalue weighted by molar-refractivity contribution is 5.92. The molecule has 4 rings (SSSR count). The third kappa shape index (κ3) is 3.29. The van der Waals surface area contributed by atoms with Crippen LogP contribution in [0.1, 0.15) is 11.6 Å². The third-order valence-corrected chi connectivity index (χ3v) is 5.33. The molecule has 1 aromatic heterocycles. The Morgan fingerprint density at radius 2 is 1.86 bits per heavy atom. The number of hydrogen-bond donors (Lipinski definition) is 2. The number of aromatic amines is 1. The summed E-state index contributed by atoms with van der Waals surface area (Å²) in [5.74, 6) is -0.448. The van der Waals surface area contributed by atoms with Gasteiger partial charge >= 0.3 is 5.97 Å². The van der Waals surface area contributed by atoms with Crippen LogP contribution in [0.15, 0.2) is 48.7 Å². The van der Waals surface area contributed by atoms with Crippen molar-refractivity contribution in [3.8, 4) is 5.75 Å². The molecule has 0 spiro atoms. The number of nitrogens with zero attached hydrogens (tertiary/aromatic N) is 2. The maximum absolute atomic E-state index is 13.1. The van der Waals surface area contributed by atoms with Gasteiger partial charge in [-0.25, -0.2) is 4.39 Å². The number of anilines is 1. The summed E-state index contributed by atoms with van der Waals surface area (Å²) in [7, 11) is 1.60. The normalized spacial score (nSPS) is 16.3. The Morgan fingerprint density at radius 1 is 1.14 bits per heavy atom. The monoisotopic (exact) mass is 383 g/mol. The van der Waals surface area contributed by atoms with Crippen molar-refractivity contribution in [1.29, 1.82) is 0 Å². The summed E-state index contributed by atoms with van der Waals surface area (Å²) in [4.78, 5) is 19.4. The van der Waals surface area contributed by atoms with Crippen molar-refractivity contribution < 1.29 is 19.0 Å². The molecule has 1 saturated heterocycles. The maximum atomic E-state index is 13.1. The predicted octanol–water partition coefficient (Wildman–Crippen LogP) is 3.26. The molecule has 0 radical (unpaired) electrons. The average molecular weight is 383 g/mol. The molecule has 0 aliphatic carbocycles. The summed E-state index contributed by atoms with van der Waals surface area (Å²) in [6.07, 6.45) is 1.76. The SMILES string of the molecule is COc1cccc2c(C(C(=O)O)N3CCN(c4ccc(F)cc4)CC3)c[nH]c12. The Labute approximate surface area is 162 Å². The highest BCUT2D eigenvalue weighted by Gasteiger charge is 2.32. The van der Waals surface area contributed by atoms with E-state index in [-0.39, 0.29) is 5.82 Å². The van der Waals surface area contributed by atoms with Gasteiger partial charge in [-0.1, -0.05) is 12.1 Å². The molecule has 1 aliphatic rings. The first-order chi connectivity index (χ1) is 13.6. The highest BCUT2D eigenvalue weighted by Crippen LogP contribution is 2.33. The number of H-pyrrole nitrogens is 1. The predicted molar refractivity (Wildman–Crippen MR) is 105 cm³/mol. The van der Waals surface area contributed by atoms with Crippen LogP contribution in [0.2, 0.25) is 0 Å². The molecule has 1 aliphatic heterocycles. The smallest absolute Gasteiger partial charge is 0.325 e. The molecular formula is C21H22FN3O3. The van der Waals surface area contributed by atoms with Crippen LogP contribution in [0.25, 0.3) is 10.9 Å². The minimum atomic E-state index is -0.876. The van der Waals surface area contributed by atoms with Crippen LogP contribution in [0.5, 0.6) is 5.75 Å². The van der Waals surface area contributed by atoms with Crippen LogP contribution in [-0.2, 0) is 4.79 Å². The van der Waals surface area contributed by atoms with Gasteiger partial charge in [-0.2, -0.15) is 0 Å². The number of aliphatic carboxylic acids is 1. The van der Waals surface area contributed by atoms with E-state index in [1.54, 1.807) is 25.4 Å². The number of fused-ring (bicyclic) bond motifs is 1. The number of benzene rings is 2. The molecule has 1 atom stereocenters. The van der Waals surface area contributed by atoms with Gasteiger partial charge in [0.05, 0.1) is 12.6 Å². The lowest BCUT2D eigenvalue weighted by Crippen LogP contribution is -2.49. The first kappa shape index (κ1) is 18.3. The van der Waals surface area contributed by atoms with E-state index in [0.29, 0.717) is 31.9 Å². The molecule has 3 aromatic rings. The van der Waals surface area contributed by atoms with Crippen molar-refractivity contribution in [2.24, 2.45) is 0 Å². The Balaban J connectivity index is 1.57. The van der Waals surface area contributed by atoms with Gasteiger partial charge in [0.15, 0.2) is 0 Å². The van der Waals surface area contributed by atoms with Gasteiger partial charge < -0.3 is 19.7 Å². The molecule has 28 heavy (non-hydrogen) atoms. The quantitative estimate of drug-likeness (QED) is 0.708. The van der Waals surface area contributed by atoms with Gasteiger partial charge in [-0.3, -0.25) is 9.69 Å². The van der Waals surface area contributed by atoms with Crippen LogP contribution >= 0.6 is 0 Å². The van der Waals surface area contributed by atoms with E-state index in [9.17, 15) is 14.3 Å². The summed E-state index contributed by atoms with van der Waals surface area (Å²) < 4.78 is 18.5. The summed E-state index contributed by atoms with van der Waals surface area (Å²) >= 11 is 0. The Morgan fingerprint density at radius 3 is 2.50 bits per heavy atom. The molecule has 146 valence electrons. The van der Waals surface area contributed by atoms with Gasteiger partial charge in [0.2, 0.25) is 0 Å². The largest absolute Gasteiger partial charge is 0.495 e. The van der Waals surface area contributed by atoms with E-state index in [0.717, 1.165) is 22.2 Å². The first-order valence-electron chi connectivity index (χ1n) is 9.20. The zero-order valence-electron chi connectivity index (χ0n) is 15.6. The van der Waals surface area contributed by atoms with Gasteiger partial charge in [0.25, 0.3) is 0 Å². The number of piperazine rings is 1. The topological polar surface area (TPSA) is 68.8 Å². The molecule has 1 fully saturated rings. The first-order valence-corrected chi connectivity index (χ1v) is 9.20. The van der Waals surface area contributed by atoms with E-state index < -0.39 is 12.0 Å². The number of halogens is 1. The summed E-state index contributed by atoms with van der Waals surface area (Å²) in [5, 5.41) is 10.8. The maximum Gasteiger partial charge on any atom is 0.325 e. The second kappa shape index (κ2) is 7.52. The highest BCUT2D eigenvalue weighted by atomic mass is 19.1.